The molecule has 0 saturated carbocycles. The van der Waals surface area contributed by atoms with Crippen molar-refractivity contribution in [1.29, 1.82) is 0 Å². The van der Waals surface area contributed by atoms with Crippen LogP contribution in [0.5, 0.6) is 0 Å². The third-order valence-electron chi connectivity index (χ3n) is 2.71. The second kappa shape index (κ2) is 5.17. The van der Waals surface area contributed by atoms with E-state index in [1.807, 2.05) is 0 Å². The van der Waals surface area contributed by atoms with Gasteiger partial charge in [0.2, 0.25) is 0 Å². The van der Waals surface area contributed by atoms with Gasteiger partial charge in [-0.05, 0) is 6.42 Å². The second-order valence-electron chi connectivity index (χ2n) is 3.67. The molecule has 0 aromatic carbocycles. The van der Waals surface area contributed by atoms with Crippen LogP contribution in [0.25, 0.3) is 0 Å². The smallest absolute Gasteiger partial charge is 0.175 e. The van der Waals surface area contributed by atoms with Crippen LogP contribution in [0.1, 0.15) is 13.3 Å². The maximum atomic E-state index is 6.04. The molecule has 0 aliphatic carbocycles. The quantitative estimate of drug-likeness (QED) is 0.820. The average molecular weight is 262 g/mol. The predicted molar refractivity (Wildman–Crippen MR) is 64.3 cm³/mol. The van der Waals surface area contributed by atoms with E-state index in [9.17, 15) is 0 Å². The van der Waals surface area contributed by atoms with E-state index in [0.29, 0.717) is 29.6 Å². The van der Waals surface area contributed by atoms with E-state index in [2.05, 4.69) is 22.0 Å². The Morgan fingerprint density at radius 2 is 2.31 bits per heavy atom. The highest BCUT2D eigenvalue weighted by Crippen LogP contribution is 2.28. The van der Waals surface area contributed by atoms with Gasteiger partial charge in [0.1, 0.15) is 0 Å². The van der Waals surface area contributed by atoms with Crippen LogP contribution < -0.4 is 4.90 Å². The highest BCUT2D eigenvalue weighted by atomic mass is 35.5. The molecule has 1 aromatic heterocycles. The second-order valence-corrected chi connectivity index (χ2v) is 4.42. The van der Waals surface area contributed by atoms with Gasteiger partial charge in [-0.15, -0.1) is 10.2 Å². The van der Waals surface area contributed by atoms with Crippen LogP contribution in [0.15, 0.2) is 6.07 Å². The molecular formula is C10H13Cl2N3O. The molecule has 2 heterocycles. The lowest BCUT2D eigenvalue weighted by Crippen LogP contribution is -2.45. The van der Waals surface area contributed by atoms with Crippen LogP contribution >= 0.6 is 23.2 Å². The molecule has 0 amide bonds. The van der Waals surface area contributed by atoms with Gasteiger partial charge in [0, 0.05) is 12.6 Å². The number of hydrogen-bond donors (Lipinski definition) is 0. The summed E-state index contributed by atoms with van der Waals surface area (Å²) in [5.74, 6) is 0. The molecule has 0 radical (unpaired) electrons. The van der Waals surface area contributed by atoms with Crippen LogP contribution in [-0.4, -0.2) is 36.0 Å². The first-order valence-corrected chi connectivity index (χ1v) is 6.01. The number of rotatable bonds is 2. The fraction of sp³-hybridized carbons (Fsp3) is 0.600. The number of ether oxygens (including phenoxy) is 1. The minimum atomic E-state index is 0.325. The normalized spacial score (nSPS) is 21.2. The van der Waals surface area contributed by atoms with E-state index >= 15 is 0 Å². The monoisotopic (exact) mass is 261 g/mol. The van der Waals surface area contributed by atoms with Crippen LogP contribution in [0, 0.1) is 0 Å². The molecule has 0 bridgehead atoms. The Hall–Kier alpha value is -0.580. The van der Waals surface area contributed by atoms with Crippen LogP contribution in [0.3, 0.4) is 0 Å². The minimum absolute atomic E-state index is 0.325. The number of morpholine rings is 1. The van der Waals surface area contributed by atoms with Crippen molar-refractivity contribution >= 4 is 28.9 Å². The van der Waals surface area contributed by atoms with E-state index in [0.717, 1.165) is 18.7 Å². The van der Waals surface area contributed by atoms with Crippen molar-refractivity contribution < 1.29 is 4.74 Å². The summed E-state index contributed by atoms with van der Waals surface area (Å²) >= 11 is 11.9. The van der Waals surface area contributed by atoms with Gasteiger partial charge in [-0.2, -0.15) is 0 Å². The third kappa shape index (κ3) is 2.39. The van der Waals surface area contributed by atoms with E-state index in [4.69, 9.17) is 27.9 Å². The molecule has 2 rings (SSSR count). The van der Waals surface area contributed by atoms with Gasteiger partial charge in [0.05, 0.1) is 24.9 Å². The lowest BCUT2D eigenvalue weighted by Gasteiger charge is -2.36. The van der Waals surface area contributed by atoms with E-state index in [-0.39, 0.29) is 0 Å². The lowest BCUT2D eigenvalue weighted by atomic mass is 10.1. The van der Waals surface area contributed by atoms with Crippen LogP contribution in [0.2, 0.25) is 10.3 Å². The minimum Gasteiger partial charge on any atom is -0.377 e. The molecule has 1 aliphatic rings. The molecule has 1 unspecified atom stereocenters. The highest BCUT2D eigenvalue weighted by Gasteiger charge is 2.24. The van der Waals surface area contributed by atoms with Gasteiger partial charge in [-0.25, -0.2) is 0 Å². The summed E-state index contributed by atoms with van der Waals surface area (Å²) in [5, 5.41) is 8.29. The summed E-state index contributed by atoms with van der Waals surface area (Å²) < 4.78 is 5.44. The Labute approximate surface area is 105 Å². The molecule has 1 atom stereocenters. The molecule has 16 heavy (non-hydrogen) atoms. The van der Waals surface area contributed by atoms with Crippen molar-refractivity contribution in [2.45, 2.75) is 19.4 Å². The predicted octanol–water partition coefficient (Wildman–Crippen LogP) is 2.40. The zero-order valence-electron chi connectivity index (χ0n) is 8.99. The van der Waals surface area contributed by atoms with Gasteiger partial charge in [-0.3, -0.25) is 0 Å². The van der Waals surface area contributed by atoms with Crippen molar-refractivity contribution in [3.63, 3.8) is 0 Å². The van der Waals surface area contributed by atoms with E-state index < -0.39 is 0 Å². The number of aromatic nitrogens is 2. The summed E-state index contributed by atoms with van der Waals surface area (Å²) in [6.45, 7) is 4.34. The molecule has 0 spiro atoms. The molecular weight excluding hydrogens is 249 g/mol. The maximum Gasteiger partial charge on any atom is 0.175 e. The largest absolute Gasteiger partial charge is 0.377 e. The fourth-order valence-corrected chi connectivity index (χ4v) is 2.20. The number of halogens is 2. The summed E-state index contributed by atoms with van der Waals surface area (Å²) in [5.41, 5.74) is 0.844. The first kappa shape index (κ1) is 11.9. The van der Waals surface area contributed by atoms with E-state index in [1.54, 1.807) is 6.07 Å². The maximum absolute atomic E-state index is 6.04. The molecule has 1 aromatic rings. The average Bonchev–Trinajstić information content (AvgIpc) is 2.32. The Kier molecular flexibility index (Phi) is 3.84. The van der Waals surface area contributed by atoms with E-state index in [1.165, 1.54) is 0 Å². The Balaban J connectivity index is 2.30. The fourth-order valence-electron chi connectivity index (χ4n) is 1.86. The van der Waals surface area contributed by atoms with Crippen molar-refractivity contribution in [3.8, 4) is 0 Å². The van der Waals surface area contributed by atoms with Gasteiger partial charge in [-0.1, -0.05) is 30.1 Å². The molecule has 1 fully saturated rings. The number of anilines is 1. The first-order chi connectivity index (χ1) is 7.72. The molecule has 4 nitrogen and oxygen atoms in total. The highest BCUT2D eigenvalue weighted by molar-refractivity contribution is 6.33. The third-order valence-corrected chi connectivity index (χ3v) is 3.16. The zero-order valence-corrected chi connectivity index (χ0v) is 10.5. The Morgan fingerprint density at radius 3 is 3.06 bits per heavy atom. The van der Waals surface area contributed by atoms with Crippen molar-refractivity contribution in [2.24, 2.45) is 0 Å². The Morgan fingerprint density at radius 1 is 1.50 bits per heavy atom. The van der Waals surface area contributed by atoms with Crippen LogP contribution in [0.4, 0.5) is 5.69 Å². The number of hydrogen-bond acceptors (Lipinski definition) is 4. The summed E-state index contributed by atoms with van der Waals surface area (Å²) in [7, 11) is 0. The lowest BCUT2D eigenvalue weighted by molar-refractivity contribution is 0.0929. The van der Waals surface area contributed by atoms with Gasteiger partial charge < -0.3 is 9.64 Å². The first-order valence-electron chi connectivity index (χ1n) is 5.25. The van der Waals surface area contributed by atoms with Crippen molar-refractivity contribution in [3.05, 3.63) is 16.4 Å². The number of nitrogens with zero attached hydrogens (tertiary/aromatic N) is 3. The molecule has 1 saturated heterocycles. The van der Waals surface area contributed by atoms with Crippen molar-refractivity contribution in [2.75, 3.05) is 24.7 Å². The van der Waals surface area contributed by atoms with Gasteiger partial charge in [0.25, 0.3) is 0 Å². The Bertz CT molecular complexity index is 375. The molecule has 88 valence electrons. The summed E-state index contributed by atoms with van der Waals surface area (Å²) in [6.07, 6.45) is 0.996. The summed E-state index contributed by atoms with van der Waals surface area (Å²) in [4.78, 5) is 2.19. The standard InChI is InChI=1S/C10H13Cl2N3O/c1-2-7-6-16-4-3-15(7)8-5-9(11)13-14-10(8)12/h5,7H,2-4,6H2,1H3. The van der Waals surface area contributed by atoms with Crippen molar-refractivity contribution in [1.82, 2.24) is 10.2 Å². The molecule has 0 N–H and O–H groups in total. The van der Waals surface area contributed by atoms with Gasteiger partial charge >= 0.3 is 0 Å². The van der Waals surface area contributed by atoms with Gasteiger partial charge in [0.15, 0.2) is 10.3 Å². The zero-order chi connectivity index (χ0) is 11.5. The van der Waals surface area contributed by atoms with Crippen LogP contribution in [-0.2, 0) is 4.74 Å². The summed E-state index contributed by atoms with van der Waals surface area (Å²) in [6, 6.07) is 2.08. The topological polar surface area (TPSA) is 38.2 Å². The SMILES string of the molecule is CCC1COCCN1c1cc(Cl)nnc1Cl. The molecule has 6 heteroatoms. The molecule has 1 aliphatic heterocycles.